The Kier molecular flexibility index (Phi) is 4.41. The summed E-state index contributed by atoms with van der Waals surface area (Å²) in [6.07, 6.45) is 0. The van der Waals surface area contributed by atoms with Crippen LogP contribution < -0.4 is 11.1 Å². The number of amides is 1. The van der Waals surface area contributed by atoms with E-state index in [0.29, 0.717) is 6.61 Å². The number of anilines is 1. The molecule has 8 nitrogen and oxygen atoms in total. The molecule has 1 aromatic heterocycles. The molecule has 0 aliphatic heterocycles. The molecule has 0 aliphatic carbocycles. The van der Waals surface area contributed by atoms with Crippen LogP contribution in [0.25, 0.3) is 0 Å². The molecule has 0 aromatic carbocycles. The Bertz CT molecular complexity index is 380. The smallest absolute Gasteiger partial charge is 0.288 e. The van der Waals surface area contributed by atoms with Crippen molar-refractivity contribution >= 4 is 11.9 Å². The van der Waals surface area contributed by atoms with Crippen LogP contribution in [0.3, 0.4) is 0 Å². The first-order valence-electron chi connectivity index (χ1n) is 5.06. The molecule has 1 heterocycles. The molecule has 17 heavy (non-hydrogen) atoms. The molecule has 1 amide bonds. The van der Waals surface area contributed by atoms with Gasteiger partial charge in [-0.2, -0.15) is 4.98 Å². The second kappa shape index (κ2) is 5.60. The lowest BCUT2D eigenvalue weighted by atomic mass is 9.93. The summed E-state index contributed by atoms with van der Waals surface area (Å²) in [5, 5.41) is 17.8. The number of ether oxygens (including phenoxy) is 1. The van der Waals surface area contributed by atoms with Crippen LogP contribution in [0.5, 0.6) is 0 Å². The first kappa shape index (κ1) is 13.4. The van der Waals surface area contributed by atoms with Gasteiger partial charge in [-0.05, 0) is 0 Å². The molecule has 1 atom stereocenters. The maximum atomic E-state index is 11.6. The fraction of sp³-hybridized carbons (Fsp3) is 0.667. The summed E-state index contributed by atoms with van der Waals surface area (Å²) in [7, 11) is 1.53. The minimum atomic E-state index is -0.532. The van der Waals surface area contributed by atoms with Crippen molar-refractivity contribution in [1.29, 1.82) is 0 Å². The molecule has 0 spiro atoms. The fourth-order valence-electron chi connectivity index (χ4n) is 1.25. The summed E-state index contributed by atoms with van der Waals surface area (Å²) in [6.45, 7) is 2.30. The number of hydrogen-bond donors (Lipinski definition) is 4. The minimum absolute atomic E-state index is 0.0111. The number of nitrogens with one attached hydrogen (secondary N) is 2. The molecule has 1 aromatic rings. The highest BCUT2D eigenvalue weighted by Gasteiger charge is 2.25. The molecule has 1 unspecified atom stereocenters. The van der Waals surface area contributed by atoms with Crippen LogP contribution in [-0.2, 0) is 4.74 Å². The summed E-state index contributed by atoms with van der Waals surface area (Å²) in [5.74, 6) is -0.373. The summed E-state index contributed by atoms with van der Waals surface area (Å²) in [5.41, 5.74) is 4.75. The number of nitrogens with two attached hydrogens (primary N) is 1. The van der Waals surface area contributed by atoms with Gasteiger partial charge in [-0.15, -0.1) is 5.10 Å². The van der Waals surface area contributed by atoms with Crippen molar-refractivity contribution in [3.8, 4) is 0 Å². The molecule has 0 saturated heterocycles. The Morgan fingerprint density at radius 2 is 2.41 bits per heavy atom. The molecular formula is C9H17N5O3. The van der Waals surface area contributed by atoms with Crippen molar-refractivity contribution in [2.24, 2.45) is 5.41 Å². The molecule has 0 saturated carbocycles. The number of nitrogens with zero attached hydrogens (tertiary/aromatic N) is 2. The van der Waals surface area contributed by atoms with Crippen molar-refractivity contribution in [3.05, 3.63) is 5.82 Å². The lowest BCUT2D eigenvalue weighted by Gasteiger charge is -2.26. The molecule has 96 valence electrons. The first-order chi connectivity index (χ1) is 8.00. The molecule has 0 fully saturated rings. The number of rotatable bonds is 6. The zero-order chi connectivity index (χ0) is 12.9. The second-order valence-corrected chi connectivity index (χ2v) is 4.13. The number of hydrogen-bond acceptors (Lipinski definition) is 6. The third-order valence-electron chi connectivity index (χ3n) is 2.27. The van der Waals surface area contributed by atoms with Gasteiger partial charge in [-0.1, -0.05) is 6.92 Å². The summed E-state index contributed by atoms with van der Waals surface area (Å²) >= 11 is 0. The van der Waals surface area contributed by atoms with Gasteiger partial charge in [0.15, 0.2) is 0 Å². The lowest BCUT2D eigenvalue weighted by Crippen LogP contribution is -2.41. The Morgan fingerprint density at radius 3 is 2.88 bits per heavy atom. The van der Waals surface area contributed by atoms with Gasteiger partial charge in [-0.25, -0.2) is 0 Å². The van der Waals surface area contributed by atoms with Gasteiger partial charge in [0.2, 0.25) is 11.8 Å². The minimum Gasteiger partial charge on any atom is -0.396 e. The van der Waals surface area contributed by atoms with Crippen LogP contribution in [0.4, 0.5) is 5.95 Å². The molecule has 5 N–H and O–H groups in total. The number of carbonyl (C=O) groups is 1. The number of methoxy groups -OCH3 is 1. The Morgan fingerprint density at radius 1 is 1.71 bits per heavy atom. The average molecular weight is 243 g/mol. The zero-order valence-electron chi connectivity index (χ0n) is 9.86. The van der Waals surface area contributed by atoms with Crippen molar-refractivity contribution in [2.75, 3.05) is 32.6 Å². The van der Waals surface area contributed by atoms with Crippen LogP contribution in [0, 0.1) is 5.41 Å². The predicted octanol–water partition coefficient (Wildman–Crippen LogP) is -1.24. The van der Waals surface area contributed by atoms with E-state index in [-0.39, 0.29) is 24.9 Å². The molecule has 1 rings (SSSR count). The van der Waals surface area contributed by atoms with Crippen LogP contribution >= 0.6 is 0 Å². The van der Waals surface area contributed by atoms with Crippen molar-refractivity contribution < 1.29 is 14.6 Å². The molecule has 0 aliphatic rings. The maximum absolute atomic E-state index is 11.6. The van der Waals surface area contributed by atoms with E-state index in [0.717, 1.165) is 0 Å². The Hall–Kier alpha value is -1.67. The van der Waals surface area contributed by atoms with E-state index in [4.69, 9.17) is 10.5 Å². The topological polar surface area (TPSA) is 126 Å². The van der Waals surface area contributed by atoms with Gasteiger partial charge in [0.05, 0.1) is 13.2 Å². The van der Waals surface area contributed by atoms with Crippen LogP contribution in [0.1, 0.15) is 17.5 Å². The molecular weight excluding hydrogens is 226 g/mol. The molecule has 0 bridgehead atoms. The molecule has 0 radical (unpaired) electrons. The highest BCUT2D eigenvalue weighted by Crippen LogP contribution is 2.14. The van der Waals surface area contributed by atoms with Crippen LogP contribution in [-0.4, -0.2) is 53.1 Å². The van der Waals surface area contributed by atoms with Gasteiger partial charge in [-0.3, -0.25) is 9.89 Å². The van der Waals surface area contributed by atoms with Crippen LogP contribution in [0.2, 0.25) is 0 Å². The zero-order valence-corrected chi connectivity index (χ0v) is 9.86. The number of nitrogen functional groups attached to an aromatic ring is 1. The average Bonchev–Trinajstić information content (AvgIpc) is 2.73. The van der Waals surface area contributed by atoms with Gasteiger partial charge in [0.25, 0.3) is 5.91 Å². The highest BCUT2D eigenvalue weighted by molar-refractivity contribution is 5.90. The van der Waals surface area contributed by atoms with E-state index >= 15 is 0 Å². The second-order valence-electron chi connectivity index (χ2n) is 4.13. The number of aromatic nitrogens is 3. The Balaban J connectivity index is 2.52. The lowest BCUT2D eigenvalue weighted by molar-refractivity contribution is 0.0413. The third-order valence-corrected chi connectivity index (χ3v) is 2.27. The standard InChI is InChI=1S/C9H17N5O3/c1-9(4-15,5-17-2)3-11-7(16)6-12-8(10)14-13-6/h15H,3-5H2,1-2H3,(H,11,16)(H3,10,12,13,14). The number of aliphatic hydroxyl groups excluding tert-OH is 1. The van der Waals surface area contributed by atoms with Gasteiger partial charge < -0.3 is 20.9 Å². The van der Waals surface area contributed by atoms with Gasteiger partial charge in [0, 0.05) is 19.1 Å². The van der Waals surface area contributed by atoms with Crippen LogP contribution in [0.15, 0.2) is 0 Å². The number of carbonyl (C=O) groups excluding carboxylic acids is 1. The van der Waals surface area contributed by atoms with E-state index < -0.39 is 11.3 Å². The highest BCUT2D eigenvalue weighted by atomic mass is 16.5. The number of aliphatic hydroxyl groups is 1. The number of H-pyrrole nitrogens is 1. The number of aromatic amines is 1. The van der Waals surface area contributed by atoms with Crippen molar-refractivity contribution in [2.45, 2.75) is 6.92 Å². The van der Waals surface area contributed by atoms with Crippen molar-refractivity contribution in [3.63, 3.8) is 0 Å². The normalized spacial score (nSPS) is 14.3. The first-order valence-corrected chi connectivity index (χ1v) is 5.06. The van der Waals surface area contributed by atoms with E-state index in [1.54, 1.807) is 6.92 Å². The van der Waals surface area contributed by atoms with Gasteiger partial charge >= 0.3 is 0 Å². The quantitative estimate of drug-likeness (QED) is 0.495. The summed E-state index contributed by atoms with van der Waals surface area (Å²) in [6, 6.07) is 0. The monoisotopic (exact) mass is 243 g/mol. The predicted molar refractivity (Wildman–Crippen MR) is 60.2 cm³/mol. The van der Waals surface area contributed by atoms with Gasteiger partial charge in [0.1, 0.15) is 0 Å². The Labute approximate surface area is 98.6 Å². The summed E-state index contributed by atoms with van der Waals surface area (Å²) < 4.78 is 4.97. The summed E-state index contributed by atoms with van der Waals surface area (Å²) in [4.78, 5) is 15.3. The van der Waals surface area contributed by atoms with E-state index in [2.05, 4.69) is 20.5 Å². The van der Waals surface area contributed by atoms with E-state index in [9.17, 15) is 9.90 Å². The molecule has 8 heteroatoms. The largest absolute Gasteiger partial charge is 0.396 e. The third kappa shape index (κ3) is 3.68. The fourth-order valence-corrected chi connectivity index (χ4v) is 1.25. The maximum Gasteiger partial charge on any atom is 0.288 e. The van der Waals surface area contributed by atoms with E-state index in [1.165, 1.54) is 7.11 Å². The SMILES string of the molecule is COCC(C)(CO)CNC(=O)c1nc(N)n[nH]1. The van der Waals surface area contributed by atoms with Crippen molar-refractivity contribution in [1.82, 2.24) is 20.5 Å². The van der Waals surface area contributed by atoms with E-state index in [1.807, 2.05) is 0 Å².